The van der Waals surface area contributed by atoms with Crippen molar-refractivity contribution in [1.29, 1.82) is 0 Å². The molecule has 1 saturated carbocycles. The zero-order chi connectivity index (χ0) is 14.4. The smallest absolute Gasteiger partial charge is 0.162 e. The van der Waals surface area contributed by atoms with Gasteiger partial charge in [-0.15, -0.1) is 0 Å². The lowest BCUT2D eigenvalue weighted by atomic mass is 10.1. The molecule has 0 unspecified atom stereocenters. The lowest BCUT2D eigenvalue weighted by molar-refractivity contribution is 0.201. The van der Waals surface area contributed by atoms with E-state index in [-0.39, 0.29) is 6.10 Å². The molecule has 0 amide bonds. The van der Waals surface area contributed by atoms with E-state index in [1.54, 1.807) is 7.11 Å². The van der Waals surface area contributed by atoms with Crippen molar-refractivity contribution < 1.29 is 14.7 Å². The van der Waals surface area contributed by atoms with Crippen LogP contribution >= 0.6 is 0 Å². The summed E-state index contributed by atoms with van der Waals surface area (Å²) in [6, 6.07) is 5.70. The van der Waals surface area contributed by atoms with Crippen LogP contribution in [0.1, 0.15) is 51.0 Å². The van der Waals surface area contributed by atoms with Crippen LogP contribution in [-0.2, 0) is 0 Å². The van der Waals surface area contributed by atoms with Crippen LogP contribution in [0.4, 0.5) is 0 Å². The minimum absolute atomic E-state index is 0.278. The third kappa shape index (κ3) is 3.44. The van der Waals surface area contributed by atoms with Gasteiger partial charge in [-0.05, 0) is 50.3 Å². The highest BCUT2D eigenvalue weighted by Crippen LogP contribution is 2.32. The molecule has 0 radical (unpaired) electrons. The van der Waals surface area contributed by atoms with E-state index in [2.05, 4.69) is 12.1 Å². The zero-order valence-corrected chi connectivity index (χ0v) is 12.3. The van der Waals surface area contributed by atoms with Gasteiger partial charge in [0.05, 0.1) is 18.9 Å². The summed E-state index contributed by atoms with van der Waals surface area (Å²) in [5.74, 6) is 1.48. The van der Waals surface area contributed by atoms with Gasteiger partial charge in [0.2, 0.25) is 0 Å². The average molecular weight is 277 g/mol. The number of benzene rings is 1. The van der Waals surface area contributed by atoms with E-state index in [4.69, 9.17) is 14.7 Å². The maximum absolute atomic E-state index is 9.13. The molecule has 0 heterocycles. The predicted molar refractivity (Wildman–Crippen MR) is 79.1 cm³/mol. The van der Waals surface area contributed by atoms with Gasteiger partial charge in [0.1, 0.15) is 0 Å². The Morgan fingerprint density at radius 3 is 2.65 bits per heavy atom. The third-order valence-electron chi connectivity index (χ3n) is 3.70. The molecule has 1 aliphatic rings. The maximum atomic E-state index is 9.13. The van der Waals surface area contributed by atoms with E-state index in [1.807, 2.05) is 18.2 Å². The van der Waals surface area contributed by atoms with Gasteiger partial charge in [-0.1, -0.05) is 18.5 Å². The number of oxime groups is 1. The van der Waals surface area contributed by atoms with Gasteiger partial charge in [-0.25, -0.2) is 0 Å². The van der Waals surface area contributed by atoms with E-state index >= 15 is 0 Å². The van der Waals surface area contributed by atoms with Crippen LogP contribution in [0.25, 0.3) is 0 Å². The fraction of sp³-hybridized carbons (Fsp3) is 0.562. The largest absolute Gasteiger partial charge is 0.493 e. The second-order valence-corrected chi connectivity index (χ2v) is 5.19. The molecule has 0 aromatic heterocycles. The summed E-state index contributed by atoms with van der Waals surface area (Å²) in [5.41, 5.74) is 1.58. The molecule has 0 spiro atoms. The van der Waals surface area contributed by atoms with Gasteiger partial charge in [-0.3, -0.25) is 0 Å². The summed E-state index contributed by atoms with van der Waals surface area (Å²) in [5, 5.41) is 12.5. The Labute approximate surface area is 120 Å². The lowest BCUT2D eigenvalue weighted by Gasteiger charge is -2.17. The molecule has 0 atom stereocenters. The Balaban J connectivity index is 2.23. The molecular weight excluding hydrogens is 254 g/mol. The van der Waals surface area contributed by atoms with Gasteiger partial charge in [0.25, 0.3) is 0 Å². The van der Waals surface area contributed by atoms with Crippen molar-refractivity contribution in [3.63, 3.8) is 0 Å². The standard InChI is InChI=1S/C16H23NO3/c1-3-6-14(17-18)12-9-10-15(19-2)16(11-12)20-13-7-4-5-8-13/h9-11,13,18H,3-8H2,1-2H3. The molecular formula is C16H23NO3. The second kappa shape index (κ2) is 7.17. The first kappa shape index (κ1) is 14.7. The van der Waals surface area contributed by atoms with E-state index in [0.717, 1.165) is 42.7 Å². The minimum atomic E-state index is 0.278. The fourth-order valence-electron chi connectivity index (χ4n) is 2.62. The lowest BCUT2D eigenvalue weighted by Crippen LogP contribution is -2.12. The molecule has 0 aliphatic heterocycles. The van der Waals surface area contributed by atoms with Crippen molar-refractivity contribution in [3.05, 3.63) is 23.8 Å². The molecule has 1 aromatic rings. The summed E-state index contributed by atoms with van der Waals surface area (Å²) >= 11 is 0. The molecule has 110 valence electrons. The van der Waals surface area contributed by atoms with Crippen molar-refractivity contribution in [1.82, 2.24) is 0 Å². The van der Waals surface area contributed by atoms with Gasteiger partial charge in [-0.2, -0.15) is 0 Å². The number of ether oxygens (including phenoxy) is 2. The van der Waals surface area contributed by atoms with E-state index in [9.17, 15) is 0 Å². The van der Waals surface area contributed by atoms with Crippen LogP contribution in [0.2, 0.25) is 0 Å². The Kier molecular flexibility index (Phi) is 5.27. The maximum Gasteiger partial charge on any atom is 0.162 e. The monoisotopic (exact) mass is 277 g/mol. The van der Waals surface area contributed by atoms with Crippen molar-refractivity contribution in [3.8, 4) is 11.5 Å². The van der Waals surface area contributed by atoms with Gasteiger partial charge >= 0.3 is 0 Å². The fourth-order valence-corrected chi connectivity index (χ4v) is 2.62. The van der Waals surface area contributed by atoms with Crippen LogP contribution < -0.4 is 9.47 Å². The second-order valence-electron chi connectivity index (χ2n) is 5.19. The predicted octanol–water partition coefficient (Wildman–Crippen LogP) is 4.00. The Morgan fingerprint density at radius 2 is 2.05 bits per heavy atom. The molecule has 4 heteroatoms. The Hall–Kier alpha value is -1.71. The van der Waals surface area contributed by atoms with Crippen LogP contribution in [-0.4, -0.2) is 24.1 Å². The molecule has 2 rings (SSSR count). The zero-order valence-electron chi connectivity index (χ0n) is 12.3. The van der Waals surface area contributed by atoms with Crippen molar-refractivity contribution in [2.24, 2.45) is 5.16 Å². The summed E-state index contributed by atoms with van der Waals surface area (Å²) in [6.07, 6.45) is 6.61. The Bertz CT molecular complexity index is 465. The van der Waals surface area contributed by atoms with Crippen LogP contribution in [0, 0.1) is 0 Å². The molecule has 1 aromatic carbocycles. The van der Waals surface area contributed by atoms with Crippen molar-refractivity contribution >= 4 is 5.71 Å². The minimum Gasteiger partial charge on any atom is -0.493 e. The van der Waals surface area contributed by atoms with E-state index in [0.29, 0.717) is 5.71 Å². The Morgan fingerprint density at radius 1 is 1.30 bits per heavy atom. The number of rotatable bonds is 6. The molecule has 0 bridgehead atoms. The summed E-state index contributed by atoms with van der Waals surface area (Å²) in [4.78, 5) is 0. The first-order valence-electron chi connectivity index (χ1n) is 7.34. The first-order chi connectivity index (χ1) is 9.78. The molecule has 1 aliphatic carbocycles. The number of hydrogen-bond acceptors (Lipinski definition) is 4. The average Bonchev–Trinajstić information content (AvgIpc) is 2.97. The highest BCUT2D eigenvalue weighted by Gasteiger charge is 2.19. The van der Waals surface area contributed by atoms with E-state index < -0.39 is 0 Å². The molecule has 1 fully saturated rings. The molecule has 20 heavy (non-hydrogen) atoms. The number of methoxy groups -OCH3 is 1. The first-order valence-corrected chi connectivity index (χ1v) is 7.34. The van der Waals surface area contributed by atoms with Crippen LogP contribution in [0.3, 0.4) is 0 Å². The molecule has 1 N–H and O–H groups in total. The number of hydrogen-bond donors (Lipinski definition) is 1. The van der Waals surface area contributed by atoms with Crippen molar-refractivity contribution in [2.45, 2.75) is 51.6 Å². The highest BCUT2D eigenvalue weighted by molar-refractivity contribution is 6.00. The quantitative estimate of drug-likeness (QED) is 0.486. The van der Waals surface area contributed by atoms with Gasteiger partial charge in [0.15, 0.2) is 11.5 Å². The highest BCUT2D eigenvalue weighted by atomic mass is 16.5. The van der Waals surface area contributed by atoms with E-state index in [1.165, 1.54) is 12.8 Å². The van der Waals surface area contributed by atoms with Crippen molar-refractivity contribution in [2.75, 3.05) is 7.11 Å². The van der Waals surface area contributed by atoms with Crippen LogP contribution in [0.5, 0.6) is 11.5 Å². The van der Waals surface area contributed by atoms with Crippen LogP contribution in [0.15, 0.2) is 23.4 Å². The normalized spacial score (nSPS) is 16.4. The van der Waals surface area contributed by atoms with Gasteiger partial charge < -0.3 is 14.7 Å². The topological polar surface area (TPSA) is 51.1 Å². The molecule has 4 nitrogen and oxygen atoms in total. The van der Waals surface area contributed by atoms with Gasteiger partial charge in [0, 0.05) is 5.56 Å². The summed E-state index contributed by atoms with van der Waals surface area (Å²) < 4.78 is 11.4. The summed E-state index contributed by atoms with van der Waals surface area (Å²) in [6.45, 7) is 2.06. The SMILES string of the molecule is CCCC(=NO)c1ccc(OC)c(OC2CCCC2)c1. The molecule has 0 saturated heterocycles. The summed E-state index contributed by atoms with van der Waals surface area (Å²) in [7, 11) is 1.64. The third-order valence-corrected chi connectivity index (χ3v) is 3.70. The number of nitrogens with zero attached hydrogens (tertiary/aromatic N) is 1.